The number of phenols is 1. The maximum atomic E-state index is 11.9. The van der Waals surface area contributed by atoms with Crippen molar-refractivity contribution in [2.45, 2.75) is 6.92 Å². The number of carbonyl (C=O) groups excluding carboxylic acids is 1. The van der Waals surface area contributed by atoms with Gasteiger partial charge in [-0.3, -0.25) is 4.79 Å². The molecule has 1 amide bonds. The summed E-state index contributed by atoms with van der Waals surface area (Å²) in [4.78, 5) is 11.9. The molecule has 4 heteroatoms. The summed E-state index contributed by atoms with van der Waals surface area (Å²) in [5.41, 5.74) is 2.22. The molecule has 0 aliphatic heterocycles. The molecule has 2 rings (SSSR count). The molecule has 0 unspecified atom stereocenters. The molecule has 0 bridgehead atoms. The first-order chi connectivity index (χ1) is 8.56. The van der Waals surface area contributed by atoms with Crippen LogP contribution in [0.2, 0.25) is 5.02 Å². The summed E-state index contributed by atoms with van der Waals surface area (Å²) >= 11 is 5.76. The number of hydrogen-bond acceptors (Lipinski definition) is 2. The zero-order chi connectivity index (χ0) is 13.1. The fraction of sp³-hybridized carbons (Fsp3) is 0.0714. The lowest BCUT2D eigenvalue weighted by Gasteiger charge is -2.06. The Balaban J connectivity index is 2.16. The van der Waals surface area contributed by atoms with E-state index in [1.807, 2.05) is 19.1 Å². The Morgan fingerprint density at radius 3 is 2.44 bits per heavy atom. The number of halogens is 1. The molecule has 18 heavy (non-hydrogen) atoms. The van der Waals surface area contributed by atoms with Gasteiger partial charge in [-0.05, 0) is 37.3 Å². The van der Waals surface area contributed by atoms with E-state index in [0.717, 1.165) is 5.56 Å². The quantitative estimate of drug-likeness (QED) is 0.812. The Morgan fingerprint density at radius 2 is 1.83 bits per heavy atom. The van der Waals surface area contributed by atoms with Crippen LogP contribution in [0, 0.1) is 6.92 Å². The molecule has 0 saturated heterocycles. The van der Waals surface area contributed by atoms with E-state index in [1.54, 1.807) is 18.2 Å². The number of amides is 1. The van der Waals surface area contributed by atoms with E-state index in [2.05, 4.69) is 5.32 Å². The van der Waals surface area contributed by atoms with Gasteiger partial charge in [-0.25, -0.2) is 0 Å². The molecule has 0 radical (unpaired) electrons. The third-order valence-electron chi connectivity index (χ3n) is 2.52. The molecule has 0 aliphatic carbocycles. The molecule has 0 spiro atoms. The molecule has 2 aromatic rings. The van der Waals surface area contributed by atoms with E-state index in [-0.39, 0.29) is 16.7 Å². The van der Waals surface area contributed by atoms with Crippen molar-refractivity contribution in [2.24, 2.45) is 0 Å². The van der Waals surface area contributed by atoms with Crippen molar-refractivity contribution in [1.29, 1.82) is 0 Å². The summed E-state index contributed by atoms with van der Waals surface area (Å²) in [6.07, 6.45) is 0. The molecular weight excluding hydrogens is 250 g/mol. The number of nitrogens with one attached hydrogen (secondary N) is 1. The third kappa shape index (κ3) is 2.81. The molecule has 3 nitrogen and oxygen atoms in total. The first kappa shape index (κ1) is 12.5. The smallest absolute Gasteiger partial charge is 0.255 e. The molecule has 0 heterocycles. The van der Waals surface area contributed by atoms with Crippen molar-refractivity contribution < 1.29 is 9.90 Å². The zero-order valence-corrected chi connectivity index (χ0v) is 10.5. The average molecular weight is 262 g/mol. The van der Waals surface area contributed by atoms with Gasteiger partial charge in [0.15, 0.2) is 0 Å². The average Bonchev–Trinajstić information content (AvgIpc) is 2.34. The van der Waals surface area contributed by atoms with Crippen LogP contribution in [0.3, 0.4) is 0 Å². The number of carbonyl (C=O) groups is 1. The van der Waals surface area contributed by atoms with Crippen molar-refractivity contribution in [1.82, 2.24) is 0 Å². The second-order valence-corrected chi connectivity index (χ2v) is 4.39. The van der Waals surface area contributed by atoms with Crippen LogP contribution in [0.1, 0.15) is 15.9 Å². The fourth-order valence-electron chi connectivity index (χ4n) is 1.49. The summed E-state index contributed by atoms with van der Waals surface area (Å²) < 4.78 is 0. The predicted molar refractivity (Wildman–Crippen MR) is 72.2 cm³/mol. The second kappa shape index (κ2) is 5.10. The van der Waals surface area contributed by atoms with Crippen molar-refractivity contribution in [2.75, 3.05) is 5.32 Å². The van der Waals surface area contributed by atoms with Crippen LogP contribution >= 0.6 is 11.6 Å². The number of anilines is 1. The Labute approximate surface area is 110 Å². The Morgan fingerprint density at radius 1 is 1.17 bits per heavy atom. The first-order valence-corrected chi connectivity index (χ1v) is 5.80. The SMILES string of the molecule is Cc1ccc(C(=O)Nc2ccc(O)c(Cl)c2)cc1. The number of rotatable bonds is 2. The Bertz CT molecular complexity index is 579. The van der Waals surface area contributed by atoms with E-state index >= 15 is 0 Å². The third-order valence-corrected chi connectivity index (χ3v) is 2.82. The number of benzene rings is 2. The highest BCUT2D eigenvalue weighted by molar-refractivity contribution is 6.32. The van der Waals surface area contributed by atoms with Gasteiger partial charge in [-0.2, -0.15) is 0 Å². The van der Waals surface area contributed by atoms with Crippen LogP contribution in [0.15, 0.2) is 42.5 Å². The molecule has 2 N–H and O–H groups in total. The van der Waals surface area contributed by atoms with Crippen molar-refractivity contribution >= 4 is 23.2 Å². The molecule has 92 valence electrons. The molecular formula is C14H12ClNO2. The molecule has 0 aliphatic rings. The van der Waals surface area contributed by atoms with Gasteiger partial charge in [0.2, 0.25) is 0 Å². The van der Waals surface area contributed by atoms with Crippen LogP contribution in [0.5, 0.6) is 5.75 Å². The van der Waals surface area contributed by atoms with E-state index in [1.165, 1.54) is 12.1 Å². The minimum Gasteiger partial charge on any atom is -0.506 e. The molecule has 2 aromatic carbocycles. The Kier molecular flexibility index (Phi) is 3.53. The normalized spacial score (nSPS) is 10.1. The molecule has 0 saturated carbocycles. The molecule has 0 atom stereocenters. The number of hydrogen-bond donors (Lipinski definition) is 2. The highest BCUT2D eigenvalue weighted by Gasteiger charge is 2.07. The van der Waals surface area contributed by atoms with E-state index in [0.29, 0.717) is 11.3 Å². The highest BCUT2D eigenvalue weighted by atomic mass is 35.5. The van der Waals surface area contributed by atoms with E-state index < -0.39 is 0 Å². The largest absolute Gasteiger partial charge is 0.506 e. The van der Waals surface area contributed by atoms with Crippen LogP contribution in [0.4, 0.5) is 5.69 Å². The van der Waals surface area contributed by atoms with E-state index in [9.17, 15) is 9.90 Å². The van der Waals surface area contributed by atoms with Crippen LogP contribution in [-0.2, 0) is 0 Å². The summed E-state index contributed by atoms with van der Waals surface area (Å²) in [5.74, 6) is -0.221. The lowest BCUT2D eigenvalue weighted by molar-refractivity contribution is 0.102. The maximum absolute atomic E-state index is 11.9. The topological polar surface area (TPSA) is 49.3 Å². The highest BCUT2D eigenvalue weighted by Crippen LogP contribution is 2.26. The van der Waals surface area contributed by atoms with Gasteiger partial charge in [0, 0.05) is 11.3 Å². The number of phenolic OH excluding ortho intramolecular Hbond substituents is 1. The maximum Gasteiger partial charge on any atom is 0.255 e. The second-order valence-electron chi connectivity index (χ2n) is 3.99. The first-order valence-electron chi connectivity index (χ1n) is 5.43. The lowest BCUT2D eigenvalue weighted by atomic mass is 10.1. The molecule has 0 aromatic heterocycles. The van der Waals surface area contributed by atoms with E-state index in [4.69, 9.17) is 11.6 Å². The van der Waals surface area contributed by atoms with Crippen LogP contribution < -0.4 is 5.32 Å². The van der Waals surface area contributed by atoms with Gasteiger partial charge in [0.25, 0.3) is 5.91 Å². The van der Waals surface area contributed by atoms with Gasteiger partial charge >= 0.3 is 0 Å². The summed E-state index contributed by atoms with van der Waals surface area (Å²) in [6, 6.07) is 11.8. The standard InChI is InChI=1S/C14H12ClNO2/c1-9-2-4-10(5-3-9)14(18)16-11-6-7-13(17)12(15)8-11/h2-8,17H,1H3,(H,16,18). The minimum absolute atomic E-state index is 0.00926. The summed E-state index contributed by atoms with van der Waals surface area (Å²) in [7, 11) is 0. The van der Waals surface area contributed by atoms with Crippen molar-refractivity contribution in [3.05, 3.63) is 58.6 Å². The molecule has 0 fully saturated rings. The van der Waals surface area contributed by atoms with Gasteiger partial charge in [-0.1, -0.05) is 29.3 Å². The summed E-state index contributed by atoms with van der Waals surface area (Å²) in [5, 5.41) is 12.2. The predicted octanol–water partition coefficient (Wildman–Crippen LogP) is 3.61. The van der Waals surface area contributed by atoms with Crippen LogP contribution in [0.25, 0.3) is 0 Å². The minimum atomic E-state index is -0.211. The van der Waals surface area contributed by atoms with Gasteiger partial charge in [0.1, 0.15) is 5.75 Å². The Hall–Kier alpha value is -2.00. The summed E-state index contributed by atoms with van der Waals surface area (Å²) in [6.45, 7) is 1.96. The number of aryl methyl sites for hydroxylation is 1. The zero-order valence-electron chi connectivity index (χ0n) is 9.77. The number of aromatic hydroxyl groups is 1. The van der Waals surface area contributed by atoms with Gasteiger partial charge in [0.05, 0.1) is 5.02 Å². The fourth-order valence-corrected chi connectivity index (χ4v) is 1.67. The monoisotopic (exact) mass is 261 g/mol. The lowest BCUT2D eigenvalue weighted by Crippen LogP contribution is -2.11. The van der Waals surface area contributed by atoms with Crippen molar-refractivity contribution in [3.8, 4) is 5.75 Å². The van der Waals surface area contributed by atoms with Gasteiger partial charge < -0.3 is 10.4 Å². The van der Waals surface area contributed by atoms with Crippen molar-refractivity contribution in [3.63, 3.8) is 0 Å². The van der Waals surface area contributed by atoms with Gasteiger partial charge in [-0.15, -0.1) is 0 Å². The van der Waals surface area contributed by atoms with Crippen LogP contribution in [-0.4, -0.2) is 11.0 Å².